The summed E-state index contributed by atoms with van der Waals surface area (Å²) in [6.07, 6.45) is 3.77. The lowest BCUT2D eigenvalue weighted by Crippen LogP contribution is -2.40. The van der Waals surface area contributed by atoms with Crippen LogP contribution >= 0.6 is 0 Å². The summed E-state index contributed by atoms with van der Waals surface area (Å²) in [5.74, 6) is 0.489. The van der Waals surface area contributed by atoms with Crippen LogP contribution in [0.25, 0.3) is 11.1 Å². The Hall–Kier alpha value is -1.93. The van der Waals surface area contributed by atoms with Gasteiger partial charge in [-0.2, -0.15) is 0 Å². The summed E-state index contributed by atoms with van der Waals surface area (Å²) in [7, 11) is 0. The third kappa shape index (κ3) is 3.12. The topological polar surface area (TPSA) is 26.3 Å². The van der Waals surface area contributed by atoms with Gasteiger partial charge in [-0.15, -0.1) is 0 Å². The third-order valence-corrected chi connectivity index (χ3v) is 5.27. The van der Waals surface area contributed by atoms with E-state index in [1.807, 2.05) is 12.1 Å². The van der Waals surface area contributed by atoms with E-state index in [-0.39, 0.29) is 5.78 Å². The van der Waals surface area contributed by atoms with Crippen molar-refractivity contribution in [2.24, 2.45) is 5.92 Å². The van der Waals surface area contributed by atoms with Gasteiger partial charge in [-0.1, -0.05) is 76.1 Å². The van der Waals surface area contributed by atoms with E-state index in [1.165, 1.54) is 0 Å². The number of benzene rings is 2. The Balaban J connectivity index is 2.17. The molecule has 0 spiro atoms. The van der Waals surface area contributed by atoms with Crippen LogP contribution in [0.4, 0.5) is 0 Å². The minimum Gasteiger partial charge on any atom is -0.358 e. The second-order valence-electron chi connectivity index (χ2n) is 7.80. The van der Waals surface area contributed by atoms with E-state index in [0.717, 1.165) is 47.1 Å². The van der Waals surface area contributed by atoms with Crippen molar-refractivity contribution in [3.05, 3.63) is 59.2 Å². The molecule has 0 aliphatic heterocycles. The van der Waals surface area contributed by atoms with Crippen molar-refractivity contribution in [2.45, 2.75) is 59.0 Å². The molecule has 138 valence electrons. The Labute approximate surface area is 157 Å². The highest BCUT2D eigenvalue weighted by Gasteiger charge is 2.50. The number of rotatable bonds is 8. The molecule has 0 saturated carbocycles. The van der Waals surface area contributed by atoms with E-state index >= 15 is 0 Å². The number of ether oxygens (including phenoxy) is 1. The summed E-state index contributed by atoms with van der Waals surface area (Å²) in [6.45, 7) is 9.09. The Morgan fingerprint density at radius 2 is 1.77 bits per heavy atom. The molecule has 2 aromatic rings. The molecule has 2 aromatic carbocycles. The molecular weight excluding hydrogens is 320 g/mol. The van der Waals surface area contributed by atoms with E-state index < -0.39 is 5.60 Å². The van der Waals surface area contributed by atoms with Gasteiger partial charge in [0.1, 0.15) is 0 Å². The van der Waals surface area contributed by atoms with Gasteiger partial charge in [0, 0.05) is 24.2 Å². The molecule has 0 heterocycles. The average Bonchev–Trinajstić information content (AvgIpc) is 2.91. The zero-order valence-corrected chi connectivity index (χ0v) is 16.5. The van der Waals surface area contributed by atoms with Crippen LogP contribution in [-0.4, -0.2) is 12.4 Å². The lowest BCUT2D eigenvalue weighted by Gasteiger charge is -2.32. The largest absolute Gasteiger partial charge is 0.358 e. The maximum absolute atomic E-state index is 13.6. The van der Waals surface area contributed by atoms with Crippen molar-refractivity contribution < 1.29 is 9.53 Å². The van der Waals surface area contributed by atoms with E-state index in [2.05, 4.69) is 58.0 Å². The van der Waals surface area contributed by atoms with Gasteiger partial charge in [-0.25, -0.2) is 0 Å². The number of ketones is 1. The molecule has 1 aliphatic rings. The fourth-order valence-corrected chi connectivity index (χ4v) is 4.13. The Bertz CT molecular complexity index is 791. The molecule has 0 saturated heterocycles. The van der Waals surface area contributed by atoms with Crippen LogP contribution in [-0.2, 0) is 15.1 Å². The van der Waals surface area contributed by atoms with E-state index in [9.17, 15) is 4.79 Å². The van der Waals surface area contributed by atoms with Crippen molar-refractivity contribution in [2.75, 3.05) is 6.61 Å². The second-order valence-corrected chi connectivity index (χ2v) is 7.80. The summed E-state index contributed by atoms with van der Waals surface area (Å²) in [4.78, 5) is 13.6. The van der Waals surface area contributed by atoms with Crippen LogP contribution in [0.2, 0.25) is 0 Å². The van der Waals surface area contributed by atoms with Crippen LogP contribution in [0.3, 0.4) is 0 Å². The highest BCUT2D eigenvalue weighted by molar-refractivity contribution is 6.00. The number of fused-ring (bicyclic) bond motifs is 3. The molecule has 3 rings (SSSR count). The van der Waals surface area contributed by atoms with Gasteiger partial charge in [0.2, 0.25) is 0 Å². The normalized spacial score (nSPS) is 18.0. The number of Topliss-reactive ketones (excluding diaryl/α,β-unsaturated/α-hetero) is 1. The van der Waals surface area contributed by atoms with Crippen molar-refractivity contribution in [1.29, 1.82) is 0 Å². The zero-order chi connectivity index (χ0) is 18.7. The van der Waals surface area contributed by atoms with Crippen molar-refractivity contribution >= 4 is 5.78 Å². The molecule has 0 fully saturated rings. The predicted octanol–water partition coefficient (Wildman–Crippen LogP) is 6.04. The van der Waals surface area contributed by atoms with Gasteiger partial charge in [-0.3, -0.25) is 4.79 Å². The summed E-state index contributed by atoms with van der Waals surface area (Å²) in [6, 6.07) is 14.6. The molecule has 1 unspecified atom stereocenters. The average molecular weight is 351 g/mol. The summed E-state index contributed by atoms with van der Waals surface area (Å²) >= 11 is 0. The molecule has 2 heteroatoms. The van der Waals surface area contributed by atoms with E-state index in [4.69, 9.17) is 4.74 Å². The Morgan fingerprint density at radius 1 is 1.04 bits per heavy atom. The molecule has 1 aliphatic carbocycles. The fourth-order valence-electron chi connectivity index (χ4n) is 4.13. The molecule has 0 bridgehead atoms. The van der Waals surface area contributed by atoms with Gasteiger partial charge >= 0.3 is 0 Å². The first-order valence-corrected chi connectivity index (χ1v) is 9.89. The van der Waals surface area contributed by atoms with Crippen molar-refractivity contribution in [3.8, 4) is 11.1 Å². The van der Waals surface area contributed by atoms with Gasteiger partial charge in [-0.05, 0) is 36.0 Å². The van der Waals surface area contributed by atoms with Crippen molar-refractivity contribution in [3.63, 3.8) is 0 Å². The third-order valence-electron chi connectivity index (χ3n) is 5.27. The highest BCUT2D eigenvalue weighted by atomic mass is 16.5. The summed E-state index contributed by atoms with van der Waals surface area (Å²) < 4.78 is 6.54. The van der Waals surface area contributed by atoms with Gasteiger partial charge < -0.3 is 4.74 Å². The minimum atomic E-state index is -0.949. The number of hydrogen-bond donors (Lipinski definition) is 0. The maximum atomic E-state index is 13.6. The minimum absolute atomic E-state index is 0.185. The smallest absolute Gasteiger partial charge is 0.177 e. The number of hydrogen-bond acceptors (Lipinski definition) is 2. The first-order valence-electron chi connectivity index (χ1n) is 9.89. The van der Waals surface area contributed by atoms with Crippen molar-refractivity contribution in [1.82, 2.24) is 0 Å². The SMILES string of the molecule is CCCCCOC1(C(=O)CC(C)C)c2ccccc2-c2cccc(C)c21. The summed E-state index contributed by atoms with van der Waals surface area (Å²) in [5.41, 5.74) is 4.54. The quantitative estimate of drug-likeness (QED) is 0.542. The first-order chi connectivity index (χ1) is 12.5. The monoisotopic (exact) mass is 350 g/mol. The van der Waals surface area contributed by atoms with Gasteiger partial charge in [0.05, 0.1) is 0 Å². The summed E-state index contributed by atoms with van der Waals surface area (Å²) in [5, 5.41) is 0. The van der Waals surface area contributed by atoms with Crippen LogP contribution in [0, 0.1) is 12.8 Å². The van der Waals surface area contributed by atoms with Gasteiger partial charge in [0.15, 0.2) is 11.4 Å². The molecule has 0 aromatic heterocycles. The van der Waals surface area contributed by atoms with E-state index in [0.29, 0.717) is 18.9 Å². The number of carbonyl (C=O) groups is 1. The molecule has 26 heavy (non-hydrogen) atoms. The van der Waals surface area contributed by atoms with Gasteiger partial charge in [0.25, 0.3) is 0 Å². The lowest BCUT2D eigenvalue weighted by atomic mass is 9.81. The van der Waals surface area contributed by atoms with Crippen LogP contribution < -0.4 is 0 Å². The first kappa shape index (κ1) is 18.8. The Kier molecular flexibility index (Phi) is 5.62. The van der Waals surface area contributed by atoms with E-state index in [1.54, 1.807) is 0 Å². The fraction of sp³-hybridized carbons (Fsp3) is 0.458. The standard InChI is InChI=1S/C24H30O2/c1-5-6-9-15-26-24(22(25)16-17(2)3)21-14-8-7-12-19(21)20-13-10-11-18(4)23(20)24/h7-8,10-14,17H,5-6,9,15-16H2,1-4H3. The molecular formula is C24H30O2. The number of carbonyl (C=O) groups excluding carboxylic acids is 1. The molecule has 0 N–H and O–H groups in total. The second kappa shape index (κ2) is 7.75. The molecule has 0 amide bonds. The molecule has 0 radical (unpaired) electrons. The number of unbranched alkanes of at least 4 members (excludes halogenated alkanes) is 2. The highest BCUT2D eigenvalue weighted by Crippen LogP contribution is 2.52. The molecule has 2 nitrogen and oxygen atoms in total. The zero-order valence-electron chi connectivity index (χ0n) is 16.5. The van der Waals surface area contributed by atoms with Crippen LogP contribution in [0.15, 0.2) is 42.5 Å². The molecule has 1 atom stereocenters. The lowest BCUT2D eigenvalue weighted by molar-refractivity contribution is -0.141. The Morgan fingerprint density at radius 3 is 2.50 bits per heavy atom. The van der Waals surface area contributed by atoms with Crippen LogP contribution in [0.1, 0.15) is 63.1 Å². The van der Waals surface area contributed by atoms with Crippen LogP contribution in [0.5, 0.6) is 0 Å². The maximum Gasteiger partial charge on any atom is 0.177 e. The number of aryl methyl sites for hydroxylation is 1. The predicted molar refractivity (Wildman–Crippen MR) is 107 cm³/mol.